The lowest BCUT2D eigenvalue weighted by atomic mass is 9.85. The topological polar surface area (TPSA) is 47.3 Å². The highest BCUT2D eigenvalue weighted by Crippen LogP contribution is 2.33. The van der Waals surface area contributed by atoms with Crippen LogP contribution in [0.1, 0.15) is 49.9 Å². The van der Waals surface area contributed by atoms with Gasteiger partial charge in [0, 0.05) is 6.61 Å². The number of rotatable bonds is 6. The summed E-state index contributed by atoms with van der Waals surface area (Å²) in [4.78, 5) is 0. The smallest absolute Gasteiger partial charge is 0.0858 e. The summed E-state index contributed by atoms with van der Waals surface area (Å²) in [6.45, 7) is 11.2. The van der Waals surface area contributed by atoms with Gasteiger partial charge in [0.25, 0.3) is 0 Å². The van der Waals surface area contributed by atoms with Gasteiger partial charge in [-0.05, 0) is 45.2 Å². The number of ether oxygens (including phenoxy) is 1. The van der Waals surface area contributed by atoms with Gasteiger partial charge >= 0.3 is 0 Å². The fraction of sp³-hybridized carbons (Fsp3) is 0.600. The van der Waals surface area contributed by atoms with E-state index < -0.39 is 0 Å². The third-order valence-corrected chi connectivity index (χ3v) is 3.69. The van der Waals surface area contributed by atoms with Gasteiger partial charge in [0.1, 0.15) is 0 Å². The molecule has 102 valence electrons. The summed E-state index contributed by atoms with van der Waals surface area (Å²) >= 11 is 0. The van der Waals surface area contributed by atoms with Crippen molar-refractivity contribution in [2.45, 2.75) is 52.7 Å². The average Bonchev–Trinajstić information content (AvgIpc) is 2.33. The van der Waals surface area contributed by atoms with E-state index in [2.05, 4.69) is 51.3 Å². The molecular weight excluding hydrogens is 224 g/mol. The highest BCUT2D eigenvalue weighted by atomic mass is 16.5. The largest absolute Gasteiger partial charge is 0.374 e. The molecule has 0 aliphatic rings. The maximum absolute atomic E-state index is 5.93. The van der Waals surface area contributed by atoms with Gasteiger partial charge in [0.2, 0.25) is 0 Å². The molecule has 0 radical (unpaired) electrons. The van der Waals surface area contributed by atoms with E-state index in [9.17, 15) is 0 Å². The van der Waals surface area contributed by atoms with Crippen LogP contribution in [0.4, 0.5) is 0 Å². The maximum atomic E-state index is 5.93. The standard InChI is InChI=1S/C15H26N2O/c1-6-15(5,18-7-2)14(17-16)13-9-8-11(3)10-12(13)4/h8-10,14,17H,6-7,16H2,1-5H3. The maximum Gasteiger partial charge on any atom is 0.0858 e. The number of hydrazine groups is 1. The molecule has 2 atom stereocenters. The van der Waals surface area contributed by atoms with E-state index in [1.54, 1.807) is 0 Å². The van der Waals surface area contributed by atoms with E-state index in [1.807, 2.05) is 6.92 Å². The fourth-order valence-electron chi connectivity index (χ4n) is 2.46. The minimum atomic E-state index is -0.288. The number of aryl methyl sites for hydroxylation is 2. The van der Waals surface area contributed by atoms with Gasteiger partial charge in [-0.1, -0.05) is 30.7 Å². The van der Waals surface area contributed by atoms with Crippen molar-refractivity contribution in [1.29, 1.82) is 0 Å². The predicted octanol–water partition coefficient (Wildman–Crippen LogP) is 3.01. The van der Waals surface area contributed by atoms with Crippen molar-refractivity contribution in [2.75, 3.05) is 6.61 Å². The van der Waals surface area contributed by atoms with Gasteiger partial charge in [0.15, 0.2) is 0 Å². The average molecular weight is 250 g/mol. The van der Waals surface area contributed by atoms with Crippen LogP contribution in [0.5, 0.6) is 0 Å². The van der Waals surface area contributed by atoms with Crippen molar-refractivity contribution in [1.82, 2.24) is 5.43 Å². The Morgan fingerprint density at radius 3 is 2.44 bits per heavy atom. The Morgan fingerprint density at radius 2 is 2.00 bits per heavy atom. The molecule has 1 aromatic carbocycles. The van der Waals surface area contributed by atoms with E-state index in [4.69, 9.17) is 10.6 Å². The van der Waals surface area contributed by atoms with E-state index in [1.165, 1.54) is 16.7 Å². The van der Waals surface area contributed by atoms with Gasteiger partial charge in [0.05, 0.1) is 11.6 Å². The first-order valence-electron chi connectivity index (χ1n) is 6.65. The zero-order valence-corrected chi connectivity index (χ0v) is 12.2. The van der Waals surface area contributed by atoms with Crippen LogP contribution in [-0.2, 0) is 4.74 Å². The first kappa shape index (κ1) is 15.2. The summed E-state index contributed by atoms with van der Waals surface area (Å²) < 4.78 is 5.93. The van der Waals surface area contributed by atoms with Crippen molar-refractivity contribution in [3.05, 3.63) is 34.9 Å². The molecule has 1 rings (SSSR count). The normalized spacial score (nSPS) is 16.3. The second kappa shape index (κ2) is 6.32. The molecule has 18 heavy (non-hydrogen) atoms. The van der Waals surface area contributed by atoms with Crippen LogP contribution in [0, 0.1) is 13.8 Å². The fourth-order valence-corrected chi connectivity index (χ4v) is 2.46. The SMILES string of the molecule is CCOC(C)(CC)C(NN)c1ccc(C)cc1C. The molecule has 0 aliphatic carbocycles. The number of benzene rings is 1. The van der Waals surface area contributed by atoms with Crippen LogP contribution in [-0.4, -0.2) is 12.2 Å². The van der Waals surface area contributed by atoms with Gasteiger partial charge in [-0.15, -0.1) is 0 Å². The summed E-state index contributed by atoms with van der Waals surface area (Å²) in [5.41, 5.74) is 6.36. The lowest BCUT2D eigenvalue weighted by molar-refractivity contribution is -0.0565. The molecule has 0 saturated heterocycles. The predicted molar refractivity (Wildman–Crippen MR) is 76.3 cm³/mol. The van der Waals surface area contributed by atoms with Crippen molar-refractivity contribution >= 4 is 0 Å². The number of hydrogen-bond acceptors (Lipinski definition) is 3. The molecule has 0 fully saturated rings. The second-order valence-electron chi connectivity index (χ2n) is 5.06. The van der Waals surface area contributed by atoms with Crippen LogP contribution in [0.15, 0.2) is 18.2 Å². The first-order valence-corrected chi connectivity index (χ1v) is 6.65. The van der Waals surface area contributed by atoms with Gasteiger partial charge in [-0.3, -0.25) is 11.3 Å². The summed E-state index contributed by atoms with van der Waals surface area (Å²) in [6, 6.07) is 6.45. The first-order chi connectivity index (χ1) is 8.48. The third-order valence-electron chi connectivity index (χ3n) is 3.69. The van der Waals surface area contributed by atoms with E-state index in [0.717, 1.165) is 6.42 Å². The highest BCUT2D eigenvalue weighted by molar-refractivity contribution is 5.34. The molecule has 3 heteroatoms. The van der Waals surface area contributed by atoms with Crippen LogP contribution in [0.25, 0.3) is 0 Å². The van der Waals surface area contributed by atoms with Gasteiger partial charge < -0.3 is 4.74 Å². The van der Waals surface area contributed by atoms with Crippen LogP contribution < -0.4 is 11.3 Å². The molecule has 1 aromatic rings. The zero-order chi connectivity index (χ0) is 13.8. The molecule has 3 nitrogen and oxygen atoms in total. The molecule has 0 spiro atoms. The zero-order valence-electron chi connectivity index (χ0n) is 12.2. The Labute approximate surface area is 111 Å². The molecule has 0 aliphatic heterocycles. The highest BCUT2D eigenvalue weighted by Gasteiger charge is 2.34. The summed E-state index contributed by atoms with van der Waals surface area (Å²) in [7, 11) is 0. The molecule has 0 amide bonds. The molecular formula is C15H26N2O. The summed E-state index contributed by atoms with van der Waals surface area (Å²) in [6.07, 6.45) is 0.906. The molecule has 0 bridgehead atoms. The van der Waals surface area contributed by atoms with Crippen molar-refractivity contribution in [3.63, 3.8) is 0 Å². The number of nitrogens with one attached hydrogen (secondary N) is 1. The van der Waals surface area contributed by atoms with Crippen LogP contribution >= 0.6 is 0 Å². The van der Waals surface area contributed by atoms with Gasteiger partial charge in [-0.25, -0.2) is 0 Å². The molecule has 2 unspecified atom stereocenters. The summed E-state index contributed by atoms with van der Waals surface area (Å²) in [5.74, 6) is 5.77. The minimum Gasteiger partial charge on any atom is -0.374 e. The molecule has 0 aromatic heterocycles. The van der Waals surface area contributed by atoms with Crippen LogP contribution in [0.3, 0.4) is 0 Å². The minimum absolute atomic E-state index is 0.00282. The number of nitrogens with two attached hydrogens (primary N) is 1. The monoisotopic (exact) mass is 250 g/mol. The lowest BCUT2D eigenvalue weighted by Gasteiger charge is -2.37. The van der Waals surface area contributed by atoms with Crippen LogP contribution in [0.2, 0.25) is 0 Å². The number of hydrogen-bond donors (Lipinski definition) is 2. The Morgan fingerprint density at radius 1 is 1.33 bits per heavy atom. The lowest BCUT2D eigenvalue weighted by Crippen LogP contribution is -2.46. The Kier molecular flexibility index (Phi) is 5.32. The van der Waals surface area contributed by atoms with Gasteiger partial charge in [-0.2, -0.15) is 0 Å². The van der Waals surface area contributed by atoms with Crippen molar-refractivity contribution in [2.24, 2.45) is 5.84 Å². The van der Waals surface area contributed by atoms with E-state index in [-0.39, 0.29) is 11.6 Å². The Balaban J connectivity index is 3.15. The Hall–Kier alpha value is -0.900. The van der Waals surface area contributed by atoms with Crippen molar-refractivity contribution in [3.8, 4) is 0 Å². The van der Waals surface area contributed by atoms with E-state index >= 15 is 0 Å². The molecule has 0 saturated carbocycles. The van der Waals surface area contributed by atoms with Crippen molar-refractivity contribution < 1.29 is 4.74 Å². The summed E-state index contributed by atoms with van der Waals surface area (Å²) in [5, 5.41) is 0. The third kappa shape index (κ3) is 3.10. The quantitative estimate of drug-likeness (QED) is 0.602. The molecule has 0 heterocycles. The second-order valence-corrected chi connectivity index (χ2v) is 5.06. The molecule has 3 N–H and O–H groups in total. The van der Waals surface area contributed by atoms with E-state index in [0.29, 0.717) is 6.61 Å². The Bertz CT molecular complexity index is 392.